The Bertz CT molecular complexity index is 377. The fourth-order valence-corrected chi connectivity index (χ4v) is 1.37. The number of aliphatic imine (C=N–C) groups is 1. The number of carbonyl (C=O) groups excluding carboxylic acids is 1. The smallest absolute Gasteiger partial charge is 0.211 e. The van der Waals surface area contributed by atoms with Crippen LogP contribution in [-0.2, 0) is 4.79 Å². The lowest BCUT2D eigenvalue weighted by Gasteiger charge is -1.96. The first-order chi connectivity index (χ1) is 6.24. The third kappa shape index (κ3) is 3.27. The van der Waals surface area contributed by atoms with Gasteiger partial charge in [0.15, 0.2) is 0 Å². The molecule has 0 heterocycles. The molecule has 0 aliphatic rings. The van der Waals surface area contributed by atoms with Crippen molar-refractivity contribution in [2.75, 3.05) is 0 Å². The Hall–Kier alpha value is -0.700. The zero-order chi connectivity index (χ0) is 9.68. The lowest BCUT2D eigenvalue weighted by molar-refractivity contribution is 0.565. The molecule has 0 aromatic heterocycles. The maximum atomic E-state index is 10.1. The van der Waals surface area contributed by atoms with Crippen molar-refractivity contribution in [1.82, 2.24) is 0 Å². The highest BCUT2D eigenvalue weighted by atomic mass is 79.9. The Morgan fingerprint density at radius 1 is 1.38 bits per heavy atom. The summed E-state index contributed by atoms with van der Waals surface area (Å²) < 4.78 is 0.800. The summed E-state index contributed by atoms with van der Waals surface area (Å²) in [6.45, 7) is 0. The number of hydrogen-bond donors (Lipinski definition) is 0. The van der Waals surface area contributed by atoms with Gasteiger partial charge in [0.1, 0.15) is 0 Å². The summed E-state index contributed by atoms with van der Waals surface area (Å²) in [5.41, 5.74) is 1.46. The van der Waals surface area contributed by atoms with Crippen LogP contribution in [0.25, 0.3) is 6.08 Å². The molecule has 4 heteroatoms. The Balaban J connectivity index is 3.19. The zero-order valence-electron chi connectivity index (χ0n) is 6.50. The van der Waals surface area contributed by atoms with E-state index in [4.69, 9.17) is 0 Å². The Labute approximate surface area is 92.6 Å². The fraction of sp³-hybridized carbons (Fsp3) is 0. The Morgan fingerprint density at radius 2 is 2.08 bits per heavy atom. The van der Waals surface area contributed by atoms with Gasteiger partial charge in [-0.25, -0.2) is 4.79 Å². The highest BCUT2D eigenvalue weighted by molar-refractivity contribution is 9.28. The molecule has 1 aromatic rings. The molecular weight excluding hydrogens is 298 g/mol. The molecule has 0 spiro atoms. The number of halogens is 2. The van der Waals surface area contributed by atoms with Gasteiger partial charge < -0.3 is 0 Å². The van der Waals surface area contributed by atoms with Crippen LogP contribution in [0.2, 0.25) is 0 Å². The van der Waals surface area contributed by atoms with Gasteiger partial charge in [0.25, 0.3) is 0 Å². The fourth-order valence-electron chi connectivity index (χ4n) is 0.878. The first kappa shape index (κ1) is 10.4. The second kappa shape index (κ2) is 5.12. The minimum Gasteiger partial charge on any atom is -0.211 e. The van der Waals surface area contributed by atoms with E-state index in [1.54, 1.807) is 6.07 Å². The lowest BCUT2D eigenvalue weighted by Crippen LogP contribution is -1.72. The third-order valence-electron chi connectivity index (χ3n) is 1.37. The van der Waals surface area contributed by atoms with E-state index in [0.29, 0.717) is 5.69 Å². The minimum absolute atomic E-state index is 0.605. The van der Waals surface area contributed by atoms with Crippen LogP contribution in [0.3, 0.4) is 0 Å². The van der Waals surface area contributed by atoms with Crippen LogP contribution in [0.4, 0.5) is 5.69 Å². The van der Waals surface area contributed by atoms with Crippen LogP contribution in [0.1, 0.15) is 5.56 Å². The van der Waals surface area contributed by atoms with Gasteiger partial charge in [0.2, 0.25) is 6.08 Å². The zero-order valence-corrected chi connectivity index (χ0v) is 9.67. The normalized spacial score (nSPS) is 8.77. The van der Waals surface area contributed by atoms with E-state index in [1.807, 2.05) is 24.3 Å². The molecule has 1 rings (SSSR count). The largest absolute Gasteiger partial charge is 0.240 e. The van der Waals surface area contributed by atoms with Gasteiger partial charge in [-0.15, -0.1) is 0 Å². The summed E-state index contributed by atoms with van der Waals surface area (Å²) in [5.74, 6) is 0. The van der Waals surface area contributed by atoms with E-state index in [-0.39, 0.29) is 0 Å². The summed E-state index contributed by atoms with van der Waals surface area (Å²) in [6.07, 6.45) is 3.33. The lowest BCUT2D eigenvalue weighted by atomic mass is 10.2. The van der Waals surface area contributed by atoms with Gasteiger partial charge in [-0.3, -0.25) is 0 Å². The molecule has 13 heavy (non-hydrogen) atoms. The molecule has 0 amide bonds. The van der Waals surface area contributed by atoms with Crippen molar-refractivity contribution in [1.29, 1.82) is 0 Å². The summed E-state index contributed by atoms with van der Waals surface area (Å²) in [6, 6.07) is 7.30. The van der Waals surface area contributed by atoms with Gasteiger partial charge in [0, 0.05) is 5.56 Å². The van der Waals surface area contributed by atoms with Crippen molar-refractivity contribution in [3.05, 3.63) is 33.2 Å². The van der Waals surface area contributed by atoms with E-state index in [1.165, 1.54) is 6.08 Å². The summed E-state index contributed by atoms with van der Waals surface area (Å²) >= 11 is 6.47. The molecule has 0 unspecified atom stereocenters. The number of isocyanates is 1. The molecule has 2 nitrogen and oxygen atoms in total. The molecule has 0 saturated heterocycles. The second-order valence-corrected chi connectivity index (χ2v) is 4.97. The van der Waals surface area contributed by atoms with E-state index in [2.05, 4.69) is 36.9 Å². The minimum atomic E-state index is 0.605. The molecule has 0 aliphatic carbocycles. The van der Waals surface area contributed by atoms with Gasteiger partial charge in [-0.2, -0.15) is 4.99 Å². The Kier molecular flexibility index (Phi) is 4.09. The molecule has 0 N–H and O–H groups in total. The molecule has 66 valence electrons. The van der Waals surface area contributed by atoms with E-state index in [0.717, 1.165) is 8.96 Å². The predicted molar refractivity (Wildman–Crippen MR) is 60.1 cm³/mol. The maximum Gasteiger partial charge on any atom is 0.240 e. The van der Waals surface area contributed by atoms with Crippen LogP contribution in [0, 0.1) is 0 Å². The number of rotatable bonds is 2. The van der Waals surface area contributed by atoms with Crippen molar-refractivity contribution in [3.8, 4) is 0 Å². The SMILES string of the molecule is O=C=Nc1ccccc1C=C(Br)Br. The molecule has 0 fully saturated rings. The summed E-state index contributed by atoms with van der Waals surface area (Å²) in [4.78, 5) is 13.6. The molecule has 0 saturated carbocycles. The first-order valence-electron chi connectivity index (χ1n) is 3.43. The van der Waals surface area contributed by atoms with Gasteiger partial charge in [-0.1, -0.05) is 18.2 Å². The van der Waals surface area contributed by atoms with Crippen molar-refractivity contribution in [2.24, 2.45) is 4.99 Å². The second-order valence-electron chi connectivity index (χ2n) is 2.20. The maximum absolute atomic E-state index is 10.1. The van der Waals surface area contributed by atoms with Crippen molar-refractivity contribution >= 4 is 49.7 Å². The van der Waals surface area contributed by atoms with E-state index in [9.17, 15) is 4.79 Å². The Morgan fingerprint density at radius 3 is 2.69 bits per heavy atom. The third-order valence-corrected chi connectivity index (χ3v) is 1.83. The van der Waals surface area contributed by atoms with Gasteiger partial charge in [-0.05, 0) is 44.0 Å². The average molecular weight is 303 g/mol. The monoisotopic (exact) mass is 301 g/mol. The number of nitrogens with zero attached hydrogens (tertiary/aromatic N) is 1. The van der Waals surface area contributed by atoms with Crippen LogP contribution in [0.15, 0.2) is 32.6 Å². The molecule has 0 bridgehead atoms. The number of benzene rings is 1. The standard InChI is InChI=1S/C9H5Br2NO/c10-9(11)5-7-3-1-2-4-8(7)12-6-13/h1-5H. The quantitative estimate of drug-likeness (QED) is 0.604. The first-order valence-corrected chi connectivity index (χ1v) is 5.02. The highest BCUT2D eigenvalue weighted by Crippen LogP contribution is 2.24. The van der Waals surface area contributed by atoms with Crippen LogP contribution in [-0.4, -0.2) is 6.08 Å². The molecule has 1 aromatic carbocycles. The topological polar surface area (TPSA) is 29.4 Å². The molecular formula is C9H5Br2NO. The number of para-hydroxylation sites is 1. The molecule has 0 radical (unpaired) electrons. The predicted octanol–water partition coefficient (Wildman–Crippen LogP) is 3.74. The van der Waals surface area contributed by atoms with Crippen LogP contribution in [0.5, 0.6) is 0 Å². The molecule has 0 atom stereocenters. The highest BCUT2D eigenvalue weighted by Gasteiger charge is 1.96. The van der Waals surface area contributed by atoms with E-state index < -0.39 is 0 Å². The summed E-state index contributed by atoms with van der Waals surface area (Å²) in [7, 11) is 0. The van der Waals surface area contributed by atoms with E-state index >= 15 is 0 Å². The number of hydrogen-bond acceptors (Lipinski definition) is 2. The van der Waals surface area contributed by atoms with Gasteiger partial charge >= 0.3 is 0 Å². The van der Waals surface area contributed by atoms with Crippen molar-refractivity contribution < 1.29 is 4.79 Å². The molecule has 0 aliphatic heterocycles. The van der Waals surface area contributed by atoms with Crippen LogP contribution < -0.4 is 0 Å². The van der Waals surface area contributed by atoms with Crippen LogP contribution >= 0.6 is 31.9 Å². The summed E-state index contributed by atoms with van der Waals surface area (Å²) in [5, 5.41) is 0. The average Bonchev–Trinajstić information content (AvgIpc) is 2.08. The van der Waals surface area contributed by atoms with Crippen molar-refractivity contribution in [3.63, 3.8) is 0 Å². The van der Waals surface area contributed by atoms with Crippen molar-refractivity contribution in [2.45, 2.75) is 0 Å². The van der Waals surface area contributed by atoms with Gasteiger partial charge in [0.05, 0.1) is 9.08 Å².